The molecule has 0 unspecified atom stereocenters. The average molecular weight is 329 g/mol. The predicted molar refractivity (Wildman–Crippen MR) is 81.6 cm³/mol. The van der Waals surface area contributed by atoms with Crippen molar-refractivity contribution in [3.05, 3.63) is 28.4 Å². The summed E-state index contributed by atoms with van der Waals surface area (Å²) < 4.78 is 14.4. The lowest BCUT2D eigenvalue weighted by atomic mass is 10.2. The molecule has 0 fully saturated rings. The molecule has 0 saturated carbocycles. The molecule has 1 aromatic heterocycles. The van der Waals surface area contributed by atoms with Gasteiger partial charge in [0, 0.05) is 12.1 Å². The first-order valence-electron chi connectivity index (χ1n) is 5.86. The summed E-state index contributed by atoms with van der Waals surface area (Å²) in [5.74, 6) is -0.107. The fraction of sp³-hybridized carbons (Fsp3) is 0.231. The zero-order valence-corrected chi connectivity index (χ0v) is 13.1. The number of ether oxygens (including phenoxy) is 2. The van der Waals surface area contributed by atoms with Crippen LogP contribution in [-0.2, 0) is 0 Å². The first-order valence-corrected chi connectivity index (χ1v) is 7.01. The smallest absolute Gasteiger partial charge is 0.340 e. The van der Waals surface area contributed by atoms with Crippen LogP contribution in [0.5, 0.6) is 11.5 Å². The summed E-state index contributed by atoms with van der Waals surface area (Å²) in [6.07, 6.45) is 0. The van der Waals surface area contributed by atoms with Gasteiger partial charge in [0.2, 0.25) is 0 Å². The number of nitrogens with zero attached hydrogens (tertiary/aromatic N) is 1. The van der Waals surface area contributed by atoms with Crippen LogP contribution < -0.4 is 14.8 Å². The number of methoxy groups -OCH3 is 2. The van der Waals surface area contributed by atoms with Gasteiger partial charge in [0.25, 0.3) is 0 Å². The Labute approximate surface area is 130 Å². The van der Waals surface area contributed by atoms with Crippen LogP contribution in [0.25, 0.3) is 0 Å². The predicted octanol–water partition coefficient (Wildman–Crippen LogP) is 3.56. The third kappa shape index (κ3) is 3.03. The third-order valence-electron chi connectivity index (χ3n) is 2.80. The van der Waals surface area contributed by atoms with Gasteiger partial charge in [0.1, 0.15) is 22.1 Å². The average Bonchev–Trinajstić information content (AvgIpc) is 2.81. The molecule has 0 aliphatic carbocycles. The summed E-state index contributed by atoms with van der Waals surface area (Å²) >= 11 is 7.10. The molecule has 6 nitrogen and oxygen atoms in total. The lowest BCUT2D eigenvalue weighted by molar-refractivity contribution is 0.0697. The van der Waals surface area contributed by atoms with Gasteiger partial charge in [-0.2, -0.15) is 4.37 Å². The maximum atomic E-state index is 11.3. The van der Waals surface area contributed by atoms with Crippen molar-refractivity contribution < 1.29 is 19.4 Å². The van der Waals surface area contributed by atoms with E-state index in [-0.39, 0.29) is 5.56 Å². The summed E-state index contributed by atoms with van der Waals surface area (Å²) in [6, 6.07) is 3.24. The van der Waals surface area contributed by atoms with Crippen LogP contribution in [0.4, 0.5) is 10.7 Å². The fourth-order valence-corrected chi connectivity index (χ4v) is 2.82. The summed E-state index contributed by atoms with van der Waals surface area (Å²) in [5, 5.41) is 13.1. The number of anilines is 2. The molecule has 112 valence electrons. The molecule has 0 atom stereocenters. The summed E-state index contributed by atoms with van der Waals surface area (Å²) in [7, 11) is 3.00. The lowest BCUT2D eigenvalue weighted by Gasteiger charge is -2.13. The number of aryl methyl sites for hydroxylation is 1. The Balaban J connectivity index is 2.46. The summed E-state index contributed by atoms with van der Waals surface area (Å²) in [6.45, 7) is 1.64. The van der Waals surface area contributed by atoms with E-state index < -0.39 is 5.97 Å². The Morgan fingerprint density at radius 3 is 2.57 bits per heavy atom. The van der Waals surface area contributed by atoms with Crippen LogP contribution in [0.3, 0.4) is 0 Å². The van der Waals surface area contributed by atoms with Crippen LogP contribution in [0.1, 0.15) is 16.1 Å². The summed E-state index contributed by atoms with van der Waals surface area (Å²) in [5.41, 5.74) is 1.13. The Kier molecular flexibility index (Phi) is 4.54. The zero-order valence-electron chi connectivity index (χ0n) is 11.6. The monoisotopic (exact) mass is 328 g/mol. The number of hydrogen-bond acceptors (Lipinski definition) is 6. The van der Waals surface area contributed by atoms with Crippen molar-refractivity contribution in [1.29, 1.82) is 0 Å². The molecular weight excluding hydrogens is 316 g/mol. The SMILES string of the molecule is COc1cc(Nc2snc(C)c2C(=O)O)c(OC)cc1Cl. The number of halogens is 1. The van der Waals surface area contributed by atoms with Crippen molar-refractivity contribution in [3.8, 4) is 11.5 Å². The molecule has 1 heterocycles. The molecule has 21 heavy (non-hydrogen) atoms. The molecule has 2 aromatic rings. The van der Waals surface area contributed by atoms with E-state index in [0.29, 0.717) is 32.9 Å². The number of benzene rings is 1. The van der Waals surface area contributed by atoms with E-state index in [1.54, 1.807) is 19.1 Å². The molecule has 0 aliphatic heterocycles. The van der Waals surface area contributed by atoms with E-state index >= 15 is 0 Å². The largest absolute Gasteiger partial charge is 0.495 e. The maximum Gasteiger partial charge on any atom is 0.340 e. The van der Waals surface area contributed by atoms with Gasteiger partial charge in [0.05, 0.1) is 30.6 Å². The van der Waals surface area contributed by atoms with Crippen molar-refractivity contribution in [2.45, 2.75) is 6.92 Å². The normalized spacial score (nSPS) is 10.3. The summed E-state index contributed by atoms with van der Waals surface area (Å²) in [4.78, 5) is 11.3. The lowest BCUT2D eigenvalue weighted by Crippen LogP contribution is -2.02. The number of hydrogen-bond donors (Lipinski definition) is 2. The molecule has 1 aromatic carbocycles. The number of nitrogens with one attached hydrogen (secondary N) is 1. The molecule has 0 aliphatic rings. The van der Waals surface area contributed by atoms with Gasteiger partial charge in [0.15, 0.2) is 0 Å². The number of carbonyl (C=O) groups is 1. The van der Waals surface area contributed by atoms with Crippen LogP contribution >= 0.6 is 23.1 Å². The molecule has 2 N–H and O–H groups in total. The van der Waals surface area contributed by atoms with Crippen LogP contribution in [0, 0.1) is 6.92 Å². The van der Waals surface area contributed by atoms with E-state index in [1.165, 1.54) is 14.2 Å². The van der Waals surface area contributed by atoms with Gasteiger partial charge in [-0.3, -0.25) is 0 Å². The Bertz CT molecular complexity index is 687. The number of carboxylic acid groups (broad SMARTS) is 1. The van der Waals surface area contributed by atoms with Gasteiger partial charge in [-0.1, -0.05) is 11.6 Å². The highest BCUT2D eigenvalue weighted by Gasteiger charge is 2.19. The standard InChI is InChI=1S/C13H13ClN2O4S/c1-6-11(13(17)18)12(21-16-6)15-8-5-9(19-2)7(14)4-10(8)20-3/h4-5,15H,1-3H3,(H,17,18). The van der Waals surface area contributed by atoms with E-state index in [0.717, 1.165) is 11.5 Å². The first-order chi connectivity index (χ1) is 9.97. The van der Waals surface area contributed by atoms with Gasteiger partial charge < -0.3 is 19.9 Å². The number of rotatable bonds is 5. The second kappa shape index (κ2) is 6.19. The third-order valence-corrected chi connectivity index (χ3v) is 3.95. The maximum absolute atomic E-state index is 11.3. The minimum absolute atomic E-state index is 0.135. The molecule has 0 radical (unpaired) electrons. The molecular formula is C13H13ClN2O4S. The molecule has 2 rings (SSSR count). The topological polar surface area (TPSA) is 80.7 Å². The molecule has 0 bridgehead atoms. The van der Waals surface area contributed by atoms with Crippen molar-refractivity contribution in [2.24, 2.45) is 0 Å². The minimum Gasteiger partial charge on any atom is -0.495 e. The van der Waals surface area contributed by atoms with Crippen LogP contribution in [0.2, 0.25) is 5.02 Å². The highest BCUT2D eigenvalue weighted by Crippen LogP contribution is 2.39. The highest BCUT2D eigenvalue weighted by atomic mass is 35.5. The van der Waals surface area contributed by atoms with Crippen LogP contribution in [-0.4, -0.2) is 29.7 Å². The number of aromatic nitrogens is 1. The Morgan fingerprint density at radius 1 is 1.33 bits per heavy atom. The molecule has 8 heteroatoms. The van der Waals surface area contributed by atoms with Gasteiger partial charge >= 0.3 is 5.97 Å². The van der Waals surface area contributed by atoms with Crippen molar-refractivity contribution in [2.75, 3.05) is 19.5 Å². The van der Waals surface area contributed by atoms with Gasteiger partial charge in [-0.05, 0) is 18.5 Å². The van der Waals surface area contributed by atoms with E-state index in [1.807, 2.05) is 0 Å². The second-order valence-electron chi connectivity index (χ2n) is 4.09. The number of aromatic carboxylic acids is 1. The van der Waals surface area contributed by atoms with E-state index in [2.05, 4.69) is 9.69 Å². The van der Waals surface area contributed by atoms with Gasteiger partial charge in [-0.15, -0.1) is 0 Å². The number of carboxylic acids is 1. The Morgan fingerprint density at radius 2 is 2.00 bits per heavy atom. The first kappa shape index (κ1) is 15.4. The molecule has 0 saturated heterocycles. The van der Waals surface area contributed by atoms with Gasteiger partial charge in [-0.25, -0.2) is 4.79 Å². The minimum atomic E-state index is -1.04. The molecule has 0 amide bonds. The van der Waals surface area contributed by atoms with Crippen molar-refractivity contribution in [1.82, 2.24) is 4.37 Å². The van der Waals surface area contributed by atoms with Crippen molar-refractivity contribution in [3.63, 3.8) is 0 Å². The van der Waals surface area contributed by atoms with Crippen LogP contribution in [0.15, 0.2) is 12.1 Å². The van der Waals surface area contributed by atoms with E-state index in [4.69, 9.17) is 21.1 Å². The van der Waals surface area contributed by atoms with E-state index in [9.17, 15) is 9.90 Å². The highest BCUT2D eigenvalue weighted by molar-refractivity contribution is 7.10. The zero-order chi connectivity index (χ0) is 15.6. The quantitative estimate of drug-likeness (QED) is 0.873. The molecule has 0 spiro atoms. The fourth-order valence-electron chi connectivity index (χ4n) is 1.79. The second-order valence-corrected chi connectivity index (χ2v) is 5.27. The van der Waals surface area contributed by atoms with Crippen molar-refractivity contribution >= 4 is 39.8 Å². The Hall–Kier alpha value is -1.99.